The monoisotopic (exact) mass is 247 g/mol. The molecule has 0 heterocycles. The van der Waals surface area contributed by atoms with Crippen LogP contribution in [0.3, 0.4) is 0 Å². The average molecular weight is 247 g/mol. The lowest BCUT2D eigenvalue weighted by Gasteiger charge is -2.18. The second kappa shape index (κ2) is 6.24. The molecule has 1 aromatic carbocycles. The number of hydrogen-bond donors (Lipinski definition) is 1. The van der Waals surface area contributed by atoms with Gasteiger partial charge in [-0.3, -0.25) is 0 Å². The van der Waals surface area contributed by atoms with Gasteiger partial charge < -0.3 is 10.5 Å². The van der Waals surface area contributed by atoms with Gasteiger partial charge in [0.2, 0.25) is 0 Å². The summed E-state index contributed by atoms with van der Waals surface area (Å²) in [6.07, 6.45) is 6.42. The smallest absolute Gasteiger partial charge is 0.119 e. The van der Waals surface area contributed by atoms with Crippen molar-refractivity contribution in [1.29, 1.82) is 0 Å². The quantitative estimate of drug-likeness (QED) is 0.823. The Kier molecular flexibility index (Phi) is 4.65. The van der Waals surface area contributed by atoms with Crippen LogP contribution >= 0.6 is 0 Å². The Morgan fingerprint density at radius 3 is 2.44 bits per heavy atom. The number of nitrogens with two attached hydrogens (primary N) is 1. The van der Waals surface area contributed by atoms with Crippen LogP contribution in [-0.2, 0) is 0 Å². The largest absolute Gasteiger partial charge is 0.491 e. The fraction of sp³-hybridized carbons (Fsp3) is 0.625. The fourth-order valence-electron chi connectivity index (χ4n) is 2.79. The van der Waals surface area contributed by atoms with E-state index in [0.717, 1.165) is 12.2 Å². The molecule has 2 nitrogen and oxygen atoms in total. The minimum absolute atomic E-state index is 0.238. The van der Waals surface area contributed by atoms with E-state index < -0.39 is 0 Å². The zero-order chi connectivity index (χ0) is 13.0. The third kappa shape index (κ3) is 3.74. The molecule has 2 rings (SSSR count). The lowest BCUT2D eigenvalue weighted by molar-refractivity contribution is 0.242. The van der Waals surface area contributed by atoms with Crippen molar-refractivity contribution >= 4 is 0 Å². The van der Waals surface area contributed by atoms with Crippen molar-refractivity contribution in [1.82, 2.24) is 0 Å². The molecule has 0 amide bonds. The van der Waals surface area contributed by atoms with Gasteiger partial charge in [0.25, 0.3) is 0 Å². The summed E-state index contributed by atoms with van der Waals surface area (Å²) in [4.78, 5) is 0. The molecule has 0 spiro atoms. The molecule has 0 bridgehead atoms. The van der Waals surface area contributed by atoms with Gasteiger partial charge in [-0.25, -0.2) is 0 Å². The highest BCUT2D eigenvalue weighted by molar-refractivity contribution is 5.29. The molecule has 0 aromatic heterocycles. The molecule has 100 valence electrons. The van der Waals surface area contributed by atoms with Crippen LogP contribution in [0.4, 0.5) is 0 Å². The first kappa shape index (κ1) is 13.4. The summed E-state index contributed by atoms with van der Waals surface area (Å²) in [6.45, 7) is 4.11. The molecule has 1 fully saturated rings. The predicted molar refractivity (Wildman–Crippen MR) is 76.0 cm³/mol. The zero-order valence-corrected chi connectivity index (χ0v) is 11.6. The topological polar surface area (TPSA) is 35.2 Å². The Bertz CT molecular complexity index is 358. The average Bonchev–Trinajstić information content (AvgIpc) is 2.54. The Balaban J connectivity index is 2.03. The number of hydrogen-bond acceptors (Lipinski definition) is 2. The maximum Gasteiger partial charge on any atom is 0.119 e. The standard InChI is InChI=1S/C16H25NO/c1-12(2)18-16-9-7-13(8-10-16)14-5-3-4-6-15(17)11-14/h7-10,12,14-15H,3-6,11,17H2,1-2H3. The van der Waals surface area contributed by atoms with Crippen molar-refractivity contribution in [2.24, 2.45) is 5.73 Å². The van der Waals surface area contributed by atoms with E-state index in [1.165, 1.54) is 31.2 Å². The predicted octanol–water partition coefficient (Wildman–Crippen LogP) is 3.85. The third-order valence-electron chi connectivity index (χ3n) is 3.69. The third-order valence-corrected chi connectivity index (χ3v) is 3.69. The second-order valence-electron chi connectivity index (χ2n) is 5.71. The minimum atomic E-state index is 0.238. The van der Waals surface area contributed by atoms with Crippen molar-refractivity contribution < 1.29 is 4.74 Å². The fourth-order valence-corrected chi connectivity index (χ4v) is 2.79. The first-order valence-electron chi connectivity index (χ1n) is 7.17. The Morgan fingerprint density at radius 1 is 1.11 bits per heavy atom. The molecule has 1 aliphatic rings. The van der Waals surface area contributed by atoms with Crippen LogP contribution in [0.15, 0.2) is 24.3 Å². The summed E-state index contributed by atoms with van der Waals surface area (Å²) < 4.78 is 5.68. The van der Waals surface area contributed by atoms with Gasteiger partial charge in [0.15, 0.2) is 0 Å². The van der Waals surface area contributed by atoms with Gasteiger partial charge in [0, 0.05) is 6.04 Å². The molecule has 2 atom stereocenters. The number of rotatable bonds is 3. The normalized spacial score (nSPS) is 24.9. The van der Waals surface area contributed by atoms with Crippen LogP contribution in [-0.4, -0.2) is 12.1 Å². The molecule has 1 aromatic rings. The maximum atomic E-state index is 6.13. The van der Waals surface area contributed by atoms with Crippen LogP contribution in [0.1, 0.15) is 57.4 Å². The second-order valence-corrected chi connectivity index (χ2v) is 5.71. The van der Waals surface area contributed by atoms with Gasteiger partial charge in [0.05, 0.1) is 6.10 Å². The molecule has 0 saturated heterocycles. The summed E-state index contributed by atoms with van der Waals surface area (Å²) in [5, 5.41) is 0. The van der Waals surface area contributed by atoms with E-state index >= 15 is 0 Å². The van der Waals surface area contributed by atoms with Gasteiger partial charge >= 0.3 is 0 Å². The van der Waals surface area contributed by atoms with E-state index in [0.29, 0.717) is 12.0 Å². The minimum Gasteiger partial charge on any atom is -0.491 e. The van der Waals surface area contributed by atoms with Crippen LogP contribution in [0.25, 0.3) is 0 Å². The van der Waals surface area contributed by atoms with Gasteiger partial charge in [-0.1, -0.05) is 25.0 Å². The molecule has 2 heteroatoms. The summed E-state index contributed by atoms with van der Waals surface area (Å²) in [6, 6.07) is 8.97. The van der Waals surface area contributed by atoms with Gasteiger partial charge in [0.1, 0.15) is 5.75 Å². The van der Waals surface area contributed by atoms with Gasteiger partial charge in [-0.2, -0.15) is 0 Å². The molecule has 1 aliphatic carbocycles. The van der Waals surface area contributed by atoms with Crippen LogP contribution in [0.2, 0.25) is 0 Å². The van der Waals surface area contributed by atoms with E-state index in [2.05, 4.69) is 38.1 Å². The van der Waals surface area contributed by atoms with E-state index in [9.17, 15) is 0 Å². The lowest BCUT2D eigenvalue weighted by Crippen LogP contribution is -2.20. The summed E-state index contributed by atoms with van der Waals surface area (Å²) in [7, 11) is 0. The highest BCUT2D eigenvalue weighted by Gasteiger charge is 2.18. The SMILES string of the molecule is CC(C)Oc1ccc(C2CCCCC(N)C2)cc1. The highest BCUT2D eigenvalue weighted by atomic mass is 16.5. The summed E-state index contributed by atoms with van der Waals surface area (Å²) in [5.74, 6) is 1.60. The Hall–Kier alpha value is -1.02. The number of ether oxygens (including phenoxy) is 1. The van der Waals surface area contributed by atoms with Gasteiger partial charge in [-0.15, -0.1) is 0 Å². The zero-order valence-electron chi connectivity index (χ0n) is 11.6. The van der Waals surface area contributed by atoms with Crippen LogP contribution in [0.5, 0.6) is 5.75 Å². The van der Waals surface area contributed by atoms with Crippen molar-refractivity contribution in [3.8, 4) is 5.75 Å². The van der Waals surface area contributed by atoms with Crippen molar-refractivity contribution in [2.45, 2.75) is 64.0 Å². The van der Waals surface area contributed by atoms with E-state index in [1.54, 1.807) is 0 Å². The highest BCUT2D eigenvalue weighted by Crippen LogP contribution is 2.32. The molecule has 0 radical (unpaired) electrons. The molecule has 2 unspecified atom stereocenters. The summed E-state index contributed by atoms with van der Waals surface area (Å²) in [5.41, 5.74) is 7.55. The molecular weight excluding hydrogens is 222 g/mol. The van der Waals surface area contributed by atoms with Crippen molar-refractivity contribution in [3.63, 3.8) is 0 Å². The maximum absolute atomic E-state index is 6.13. The van der Waals surface area contributed by atoms with Gasteiger partial charge in [-0.05, 0) is 56.7 Å². The van der Waals surface area contributed by atoms with E-state index in [-0.39, 0.29) is 6.10 Å². The Morgan fingerprint density at radius 2 is 1.78 bits per heavy atom. The molecule has 2 N–H and O–H groups in total. The molecule has 0 aliphatic heterocycles. The molecule has 1 saturated carbocycles. The van der Waals surface area contributed by atoms with Crippen LogP contribution in [0, 0.1) is 0 Å². The Labute approximate surface area is 111 Å². The van der Waals surface area contributed by atoms with Crippen LogP contribution < -0.4 is 10.5 Å². The molecular formula is C16H25NO. The van der Waals surface area contributed by atoms with E-state index in [1.807, 2.05) is 0 Å². The first-order valence-corrected chi connectivity index (χ1v) is 7.17. The summed E-state index contributed by atoms with van der Waals surface area (Å²) >= 11 is 0. The first-order chi connectivity index (χ1) is 8.65. The molecule has 18 heavy (non-hydrogen) atoms. The lowest BCUT2D eigenvalue weighted by atomic mass is 9.90. The van der Waals surface area contributed by atoms with Crippen molar-refractivity contribution in [2.75, 3.05) is 0 Å². The number of benzene rings is 1. The van der Waals surface area contributed by atoms with E-state index in [4.69, 9.17) is 10.5 Å². The van der Waals surface area contributed by atoms with Crippen molar-refractivity contribution in [3.05, 3.63) is 29.8 Å².